The molecule has 0 saturated carbocycles. The smallest absolute Gasteiger partial charge is 0.191 e. The number of nitrogens with zero attached hydrogens (tertiary/aromatic N) is 1. The largest absolute Gasteiger partial charge is 0.508 e. The molecule has 5 heteroatoms. The molecule has 0 spiro atoms. The number of aromatic hydroxyl groups is 1. The first-order valence-electron chi connectivity index (χ1n) is 8.37. The highest BCUT2D eigenvalue weighted by Gasteiger charge is 2.20. The van der Waals surface area contributed by atoms with Gasteiger partial charge in [-0.05, 0) is 30.2 Å². The molecule has 0 heterocycles. The number of hydrogen-bond acceptors (Lipinski definition) is 2. The SMILES string of the molecule is CCNC(=NCc1cccc(O)c1)NCC(C)(C)c1ccccc1.I. The van der Waals surface area contributed by atoms with E-state index in [1.807, 2.05) is 25.1 Å². The number of phenols is 1. The van der Waals surface area contributed by atoms with Crippen LogP contribution in [0, 0.1) is 0 Å². The quantitative estimate of drug-likeness (QED) is 0.352. The first-order chi connectivity index (χ1) is 11.5. The van der Waals surface area contributed by atoms with Crippen LogP contribution < -0.4 is 10.6 Å². The van der Waals surface area contributed by atoms with Gasteiger partial charge in [0.1, 0.15) is 5.75 Å². The molecular weight excluding hydrogens is 425 g/mol. The molecule has 0 bridgehead atoms. The van der Waals surface area contributed by atoms with E-state index in [0.29, 0.717) is 6.54 Å². The number of benzene rings is 2. The van der Waals surface area contributed by atoms with Crippen molar-refractivity contribution in [2.75, 3.05) is 13.1 Å². The lowest BCUT2D eigenvalue weighted by molar-refractivity contribution is 0.474. The van der Waals surface area contributed by atoms with E-state index in [9.17, 15) is 5.11 Å². The predicted octanol–water partition coefficient (Wildman–Crippen LogP) is 4.04. The molecule has 0 aromatic heterocycles. The zero-order valence-electron chi connectivity index (χ0n) is 15.1. The molecule has 25 heavy (non-hydrogen) atoms. The normalized spacial score (nSPS) is 11.6. The van der Waals surface area contributed by atoms with Crippen LogP contribution >= 0.6 is 24.0 Å². The Morgan fingerprint density at radius 2 is 1.76 bits per heavy atom. The number of hydrogen-bond donors (Lipinski definition) is 3. The third-order valence-electron chi connectivity index (χ3n) is 3.93. The zero-order valence-corrected chi connectivity index (χ0v) is 17.5. The molecule has 0 aliphatic heterocycles. The summed E-state index contributed by atoms with van der Waals surface area (Å²) < 4.78 is 0. The highest BCUT2D eigenvalue weighted by molar-refractivity contribution is 14.0. The Kier molecular flexibility index (Phi) is 8.75. The van der Waals surface area contributed by atoms with Crippen LogP contribution in [0.15, 0.2) is 59.6 Å². The second-order valence-electron chi connectivity index (χ2n) is 6.47. The number of phenolic OH excluding ortho intramolecular Hbond substituents is 1. The van der Waals surface area contributed by atoms with Gasteiger partial charge in [-0.15, -0.1) is 24.0 Å². The molecule has 0 atom stereocenters. The van der Waals surface area contributed by atoms with Crippen molar-refractivity contribution in [1.82, 2.24) is 10.6 Å². The Hall–Kier alpha value is -1.76. The van der Waals surface area contributed by atoms with Gasteiger partial charge in [0.15, 0.2) is 5.96 Å². The highest BCUT2D eigenvalue weighted by Crippen LogP contribution is 2.21. The maximum absolute atomic E-state index is 9.54. The van der Waals surface area contributed by atoms with E-state index in [1.165, 1.54) is 5.56 Å². The van der Waals surface area contributed by atoms with E-state index >= 15 is 0 Å². The molecule has 4 nitrogen and oxygen atoms in total. The minimum absolute atomic E-state index is 0. The van der Waals surface area contributed by atoms with Gasteiger partial charge in [-0.1, -0.05) is 56.3 Å². The Labute approximate surface area is 167 Å². The lowest BCUT2D eigenvalue weighted by Crippen LogP contribution is -2.43. The monoisotopic (exact) mass is 453 g/mol. The minimum Gasteiger partial charge on any atom is -0.508 e. The summed E-state index contributed by atoms with van der Waals surface area (Å²) in [5, 5.41) is 16.2. The second-order valence-corrected chi connectivity index (χ2v) is 6.47. The maximum atomic E-state index is 9.54. The van der Waals surface area contributed by atoms with E-state index in [4.69, 9.17) is 0 Å². The third kappa shape index (κ3) is 6.94. The summed E-state index contributed by atoms with van der Waals surface area (Å²) in [6, 6.07) is 17.7. The van der Waals surface area contributed by atoms with E-state index < -0.39 is 0 Å². The average molecular weight is 453 g/mol. The molecule has 0 aliphatic rings. The summed E-state index contributed by atoms with van der Waals surface area (Å²) in [7, 11) is 0. The number of halogens is 1. The fourth-order valence-electron chi connectivity index (χ4n) is 2.46. The third-order valence-corrected chi connectivity index (χ3v) is 3.93. The van der Waals surface area contributed by atoms with Crippen LogP contribution in [0.4, 0.5) is 0 Å². The van der Waals surface area contributed by atoms with E-state index in [1.54, 1.807) is 12.1 Å². The molecular formula is C20H28IN3O. The molecule has 3 N–H and O–H groups in total. The number of guanidine groups is 1. The van der Waals surface area contributed by atoms with Gasteiger partial charge in [-0.25, -0.2) is 4.99 Å². The Balaban J connectivity index is 0.00000312. The van der Waals surface area contributed by atoms with Gasteiger partial charge in [-0.2, -0.15) is 0 Å². The van der Waals surface area contributed by atoms with E-state index in [2.05, 4.69) is 53.7 Å². The van der Waals surface area contributed by atoms with Gasteiger partial charge in [0, 0.05) is 18.5 Å². The van der Waals surface area contributed by atoms with Crippen LogP contribution in [0.2, 0.25) is 0 Å². The van der Waals surface area contributed by atoms with Gasteiger partial charge in [-0.3, -0.25) is 0 Å². The Morgan fingerprint density at radius 1 is 1.04 bits per heavy atom. The van der Waals surface area contributed by atoms with Crippen molar-refractivity contribution in [3.63, 3.8) is 0 Å². The topological polar surface area (TPSA) is 56.7 Å². The van der Waals surface area contributed by atoms with Gasteiger partial charge in [0.2, 0.25) is 0 Å². The summed E-state index contributed by atoms with van der Waals surface area (Å²) in [6.07, 6.45) is 0. The lowest BCUT2D eigenvalue weighted by Gasteiger charge is -2.26. The molecule has 0 fully saturated rings. The van der Waals surface area contributed by atoms with E-state index in [0.717, 1.165) is 24.6 Å². The molecule has 2 aromatic rings. The summed E-state index contributed by atoms with van der Waals surface area (Å²) in [4.78, 5) is 4.60. The standard InChI is InChI=1S/C20H27N3O.HI/c1-4-21-19(22-14-16-9-8-12-18(24)13-16)23-15-20(2,3)17-10-6-5-7-11-17;/h5-13,24H,4,14-15H2,1-3H3,(H2,21,22,23);1H. The molecule has 136 valence electrons. The van der Waals surface area contributed by atoms with Gasteiger partial charge in [0.05, 0.1) is 6.54 Å². The fraction of sp³-hybridized carbons (Fsp3) is 0.350. The maximum Gasteiger partial charge on any atom is 0.191 e. The Bertz CT molecular complexity index is 672. The number of rotatable bonds is 6. The van der Waals surface area contributed by atoms with Crippen molar-refractivity contribution in [1.29, 1.82) is 0 Å². The highest BCUT2D eigenvalue weighted by atomic mass is 127. The molecule has 0 radical (unpaired) electrons. The number of aliphatic imine (C=N–C) groups is 1. The number of nitrogens with one attached hydrogen (secondary N) is 2. The zero-order chi connectivity index (χ0) is 17.4. The van der Waals surface area contributed by atoms with Crippen molar-refractivity contribution in [3.8, 4) is 5.75 Å². The molecule has 0 aliphatic carbocycles. The van der Waals surface area contributed by atoms with Crippen LogP contribution in [-0.4, -0.2) is 24.2 Å². The molecule has 2 rings (SSSR count). The van der Waals surface area contributed by atoms with Crippen LogP contribution in [-0.2, 0) is 12.0 Å². The van der Waals surface area contributed by atoms with Crippen molar-refractivity contribution in [3.05, 3.63) is 65.7 Å². The van der Waals surface area contributed by atoms with Crippen molar-refractivity contribution in [2.45, 2.75) is 32.7 Å². The summed E-state index contributed by atoms with van der Waals surface area (Å²) in [5.41, 5.74) is 2.28. The Morgan fingerprint density at radius 3 is 2.40 bits per heavy atom. The van der Waals surface area contributed by atoms with Gasteiger partial charge < -0.3 is 15.7 Å². The fourth-order valence-corrected chi connectivity index (χ4v) is 2.46. The van der Waals surface area contributed by atoms with Crippen LogP contribution in [0.25, 0.3) is 0 Å². The van der Waals surface area contributed by atoms with Gasteiger partial charge >= 0.3 is 0 Å². The summed E-state index contributed by atoms with van der Waals surface area (Å²) in [6.45, 7) is 8.59. The van der Waals surface area contributed by atoms with Crippen molar-refractivity contribution < 1.29 is 5.11 Å². The average Bonchev–Trinajstić information content (AvgIpc) is 2.58. The van der Waals surface area contributed by atoms with Gasteiger partial charge in [0.25, 0.3) is 0 Å². The van der Waals surface area contributed by atoms with Crippen LogP contribution in [0.3, 0.4) is 0 Å². The summed E-state index contributed by atoms with van der Waals surface area (Å²) in [5.74, 6) is 1.05. The first-order valence-corrected chi connectivity index (χ1v) is 8.37. The minimum atomic E-state index is 0. The molecule has 0 unspecified atom stereocenters. The van der Waals surface area contributed by atoms with E-state index in [-0.39, 0.29) is 35.1 Å². The summed E-state index contributed by atoms with van der Waals surface area (Å²) >= 11 is 0. The molecule has 2 aromatic carbocycles. The second kappa shape index (κ2) is 10.3. The molecule has 0 amide bonds. The first kappa shape index (κ1) is 21.3. The van der Waals surface area contributed by atoms with Crippen molar-refractivity contribution >= 4 is 29.9 Å². The lowest BCUT2D eigenvalue weighted by atomic mass is 9.85. The molecule has 0 saturated heterocycles. The van der Waals surface area contributed by atoms with Crippen LogP contribution in [0.1, 0.15) is 31.9 Å². The van der Waals surface area contributed by atoms with Crippen molar-refractivity contribution in [2.24, 2.45) is 4.99 Å². The van der Waals surface area contributed by atoms with Crippen LogP contribution in [0.5, 0.6) is 5.75 Å². The predicted molar refractivity (Wildman–Crippen MR) is 116 cm³/mol.